The number of nitriles is 1. The second kappa shape index (κ2) is 14.7. The zero-order valence-electron chi connectivity index (χ0n) is 25.8. The summed E-state index contributed by atoms with van der Waals surface area (Å²) in [5.74, 6) is 0.446. The fraction of sp³-hybridized carbons (Fsp3) is 0.400. The lowest BCUT2D eigenvalue weighted by Crippen LogP contribution is -2.39. The lowest BCUT2D eigenvalue weighted by Gasteiger charge is -2.40. The van der Waals surface area contributed by atoms with Crippen LogP contribution in [0.4, 0.5) is 5.69 Å². The molecule has 0 aliphatic carbocycles. The van der Waals surface area contributed by atoms with E-state index in [-0.39, 0.29) is 11.4 Å². The number of fused-ring (bicyclic) bond motifs is 1. The predicted octanol–water partition coefficient (Wildman–Crippen LogP) is 6.03. The summed E-state index contributed by atoms with van der Waals surface area (Å²) >= 11 is 0. The number of nitrogens with zero attached hydrogens (tertiary/aromatic N) is 3. The van der Waals surface area contributed by atoms with Gasteiger partial charge < -0.3 is 23.9 Å². The Kier molecular flexibility index (Phi) is 10.8. The fourth-order valence-electron chi connectivity index (χ4n) is 5.33. The molecule has 3 aromatic rings. The van der Waals surface area contributed by atoms with Crippen LogP contribution in [0, 0.1) is 11.3 Å². The molecule has 0 N–H and O–H groups in total. The Morgan fingerprint density at radius 1 is 1.02 bits per heavy atom. The van der Waals surface area contributed by atoms with Crippen molar-refractivity contribution in [1.82, 2.24) is 0 Å². The average Bonchev–Trinajstić information content (AvgIpc) is 3.01. The van der Waals surface area contributed by atoms with Gasteiger partial charge in [-0.2, -0.15) is 5.26 Å². The van der Waals surface area contributed by atoms with Gasteiger partial charge in [-0.05, 0) is 73.2 Å². The number of anilines is 1. The largest absolute Gasteiger partial charge is 0.492 e. The number of hydrogen-bond acceptors (Lipinski definition) is 8. The van der Waals surface area contributed by atoms with E-state index in [1.807, 2.05) is 43.3 Å². The zero-order valence-corrected chi connectivity index (χ0v) is 25.8. The van der Waals surface area contributed by atoms with Crippen molar-refractivity contribution < 1.29 is 23.8 Å². The molecule has 1 atom stereocenters. The van der Waals surface area contributed by atoms with Crippen molar-refractivity contribution >= 4 is 17.4 Å². The molecule has 8 nitrogen and oxygen atoms in total. The number of oxime groups is 1. The van der Waals surface area contributed by atoms with E-state index in [0.29, 0.717) is 31.8 Å². The molecule has 3 aromatic carbocycles. The van der Waals surface area contributed by atoms with E-state index in [2.05, 4.69) is 48.2 Å². The van der Waals surface area contributed by atoms with Gasteiger partial charge in [-0.25, -0.2) is 4.79 Å². The number of carbonyl (C=O) groups is 1. The fourth-order valence-corrected chi connectivity index (χ4v) is 5.33. The van der Waals surface area contributed by atoms with Gasteiger partial charge >= 0.3 is 5.97 Å². The van der Waals surface area contributed by atoms with Gasteiger partial charge in [0.25, 0.3) is 0 Å². The van der Waals surface area contributed by atoms with Crippen LogP contribution in [-0.2, 0) is 30.9 Å². The number of hydrogen-bond donors (Lipinski definition) is 0. The first-order valence-corrected chi connectivity index (χ1v) is 14.8. The quantitative estimate of drug-likeness (QED) is 0.138. The molecule has 0 fully saturated rings. The highest BCUT2D eigenvalue weighted by atomic mass is 16.6. The molecule has 226 valence electrons. The van der Waals surface area contributed by atoms with Gasteiger partial charge in [-0.15, -0.1) is 0 Å². The summed E-state index contributed by atoms with van der Waals surface area (Å²) in [4.78, 5) is 19.8. The molecule has 0 saturated carbocycles. The normalized spacial score (nSPS) is 14.8. The van der Waals surface area contributed by atoms with E-state index in [9.17, 15) is 10.1 Å². The highest BCUT2D eigenvalue weighted by molar-refractivity contribution is 6.13. The van der Waals surface area contributed by atoms with Crippen LogP contribution in [0.15, 0.2) is 71.9 Å². The van der Waals surface area contributed by atoms with Crippen molar-refractivity contribution in [2.75, 3.05) is 44.9 Å². The molecular weight excluding hydrogens is 542 g/mol. The number of carbonyl (C=O) groups excluding carboxylic acids is 1. The SMILES string of the molecule is CCOC(=O)[C@H](Cc1ccc(OCCN2CCC(C)(C)c3cc(C(=NOC)c4ccc(C#N)cc4)ccc32)cc1)OCC. The van der Waals surface area contributed by atoms with E-state index in [1.165, 1.54) is 11.3 Å². The van der Waals surface area contributed by atoms with Crippen LogP contribution >= 0.6 is 0 Å². The minimum atomic E-state index is -0.610. The lowest BCUT2D eigenvalue weighted by molar-refractivity contribution is -0.156. The van der Waals surface area contributed by atoms with E-state index in [4.69, 9.17) is 19.0 Å². The van der Waals surface area contributed by atoms with Crippen LogP contribution in [0.2, 0.25) is 0 Å². The molecule has 4 rings (SSSR count). The summed E-state index contributed by atoms with van der Waals surface area (Å²) in [5, 5.41) is 13.5. The van der Waals surface area contributed by atoms with Gasteiger partial charge in [0, 0.05) is 36.4 Å². The standard InChI is InChI=1S/C35H41N3O5/c1-6-41-32(34(39)42-7-2)22-25-10-15-29(16-11-25)43-21-20-38-19-18-35(3,4)30-23-28(14-17-31(30)38)33(37-40-5)27-12-8-26(24-36)9-13-27/h8-17,23,32H,6-7,18-22H2,1-5H3/t32-/m0/s1. The lowest BCUT2D eigenvalue weighted by atomic mass is 9.76. The second-order valence-electron chi connectivity index (χ2n) is 11.1. The number of rotatable bonds is 13. The van der Waals surface area contributed by atoms with Gasteiger partial charge in [0.15, 0.2) is 6.10 Å². The Morgan fingerprint density at radius 3 is 2.40 bits per heavy atom. The van der Waals surface area contributed by atoms with E-state index in [0.717, 1.165) is 47.7 Å². The summed E-state index contributed by atoms with van der Waals surface area (Å²) < 4.78 is 16.9. The molecule has 0 spiro atoms. The van der Waals surface area contributed by atoms with E-state index >= 15 is 0 Å². The smallest absolute Gasteiger partial charge is 0.335 e. The van der Waals surface area contributed by atoms with Crippen LogP contribution < -0.4 is 9.64 Å². The summed E-state index contributed by atoms with van der Waals surface area (Å²) in [6.45, 7) is 11.2. The Bertz CT molecular complexity index is 1440. The molecule has 0 unspecified atom stereocenters. The first-order valence-electron chi connectivity index (χ1n) is 14.8. The molecule has 0 radical (unpaired) electrons. The van der Waals surface area contributed by atoms with Crippen LogP contribution in [-0.4, -0.2) is 57.8 Å². The first kappa shape index (κ1) is 31.6. The highest BCUT2D eigenvalue weighted by Gasteiger charge is 2.32. The van der Waals surface area contributed by atoms with Crippen LogP contribution in [0.3, 0.4) is 0 Å². The Labute approximate surface area is 254 Å². The monoisotopic (exact) mass is 583 g/mol. The third kappa shape index (κ3) is 7.94. The van der Waals surface area contributed by atoms with Crippen LogP contribution in [0.1, 0.15) is 61.9 Å². The van der Waals surface area contributed by atoms with Gasteiger partial charge in [0.05, 0.1) is 24.8 Å². The summed E-state index contributed by atoms with van der Waals surface area (Å²) in [5.41, 5.74) is 6.60. The summed E-state index contributed by atoms with van der Waals surface area (Å²) in [6, 6.07) is 23.8. The van der Waals surface area contributed by atoms with Gasteiger partial charge in [-0.1, -0.05) is 49.3 Å². The summed E-state index contributed by atoms with van der Waals surface area (Å²) in [6.07, 6.45) is 0.853. The number of esters is 1. The highest BCUT2D eigenvalue weighted by Crippen LogP contribution is 2.40. The molecule has 1 aliphatic heterocycles. The zero-order chi connectivity index (χ0) is 30.8. The Balaban J connectivity index is 1.44. The Morgan fingerprint density at radius 2 is 1.74 bits per heavy atom. The minimum Gasteiger partial charge on any atom is -0.492 e. The third-order valence-electron chi connectivity index (χ3n) is 7.71. The first-order chi connectivity index (χ1) is 20.8. The molecule has 0 aromatic heterocycles. The number of benzene rings is 3. The minimum absolute atomic E-state index is 0.00964. The maximum atomic E-state index is 12.2. The van der Waals surface area contributed by atoms with Gasteiger partial charge in [0.2, 0.25) is 0 Å². The van der Waals surface area contributed by atoms with E-state index in [1.54, 1.807) is 26.2 Å². The van der Waals surface area contributed by atoms with E-state index < -0.39 is 6.10 Å². The topological polar surface area (TPSA) is 93.4 Å². The maximum absolute atomic E-state index is 12.2. The second-order valence-corrected chi connectivity index (χ2v) is 11.1. The van der Waals surface area contributed by atoms with Crippen molar-refractivity contribution in [2.24, 2.45) is 5.16 Å². The molecule has 43 heavy (non-hydrogen) atoms. The summed E-state index contributed by atoms with van der Waals surface area (Å²) in [7, 11) is 1.54. The maximum Gasteiger partial charge on any atom is 0.335 e. The molecule has 0 saturated heterocycles. The van der Waals surface area contributed by atoms with Crippen molar-refractivity contribution in [2.45, 2.75) is 52.1 Å². The third-order valence-corrected chi connectivity index (χ3v) is 7.71. The molecule has 1 aliphatic rings. The van der Waals surface area contributed by atoms with Crippen molar-refractivity contribution in [3.05, 3.63) is 94.5 Å². The van der Waals surface area contributed by atoms with Crippen molar-refractivity contribution in [3.63, 3.8) is 0 Å². The number of ether oxygens (including phenoxy) is 3. The molecule has 8 heteroatoms. The van der Waals surface area contributed by atoms with Crippen molar-refractivity contribution in [3.8, 4) is 11.8 Å². The average molecular weight is 584 g/mol. The van der Waals surface area contributed by atoms with Gasteiger partial charge in [0.1, 0.15) is 25.2 Å². The molecule has 0 amide bonds. The van der Waals surface area contributed by atoms with Crippen LogP contribution in [0.25, 0.3) is 0 Å². The molecular formula is C35H41N3O5. The predicted molar refractivity (Wildman–Crippen MR) is 168 cm³/mol. The van der Waals surface area contributed by atoms with Crippen LogP contribution in [0.5, 0.6) is 5.75 Å². The molecule has 0 bridgehead atoms. The van der Waals surface area contributed by atoms with Gasteiger partial charge in [-0.3, -0.25) is 0 Å². The molecule has 1 heterocycles. The Hall–Kier alpha value is -4.35. The van der Waals surface area contributed by atoms with Crippen molar-refractivity contribution in [1.29, 1.82) is 5.26 Å².